The fourth-order valence-corrected chi connectivity index (χ4v) is 12.0. The number of aryl methyl sites for hydroxylation is 1. The van der Waals surface area contributed by atoms with Gasteiger partial charge in [0.25, 0.3) is 0 Å². The van der Waals surface area contributed by atoms with Crippen LogP contribution in [0.4, 0.5) is 0 Å². The molecule has 2 saturated carbocycles. The largest absolute Gasteiger partial charge is 0.393 e. The van der Waals surface area contributed by atoms with Gasteiger partial charge in [-0.15, -0.1) is 0 Å². The lowest BCUT2D eigenvalue weighted by atomic mass is 9.56. The number of hydrogen-bond acceptors (Lipinski definition) is 5. The lowest BCUT2D eigenvalue weighted by molar-refractivity contribution is -0.122. The number of likely N-dealkylation sites (tertiary alicyclic amines) is 1. The standard InChI is InChI=1S/C44H65N3O4/c1-29-25-39-42(47(28-29)24-23-46-40(49)13-9-6-10-22-45-41(50)17-14-32-11-7-5-8-12-32)31(3)44(51-39)21-19-35-36-16-15-33-26-34(48)18-20-43(33,4)38(36)27-37(35)30(44)2/h5,7-8,11-12,15,29,31,34-36,38-39,42,48H,6,9-10,13-14,16-28H2,1-4H3,(H,45,50)(H,46,49)/t29-,31+,34-,35-,36-,38-,39+,42-,43-,44?/m0/s1. The van der Waals surface area contributed by atoms with Gasteiger partial charge < -0.3 is 20.5 Å². The van der Waals surface area contributed by atoms with Crippen molar-refractivity contribution >= 4 is 11.8 Å². The fourth-order valence-electron chi connectivity index (χ4n) is 12.0. The summed E-state index contributed by atoms with van der Waals surface area (Å²) in [7, 11) is 0. The molecule has 2 amide bonds. The predicted octanol–water partition coefficient (Wildman–Crippen LogP) is 7.14. The maximum Gasteiger partial charge on any atom is 0.220 e. The topological polar surface area (TPSA) is 90.9 Å². The van der Waals surface area contributed by atoms with Gasteiger partial charge in [0.05, 0.1) is 17.8 Å². The number of aliphatic hydroxyl groups excluding tert-OH is 1. The SMILES string of the molecule is CC1=C2C[C@H]3[C@@H](CC=C4C[C@@H](O)CC[C@@]43C)[C@@H]2CCC12O[C@@H]1C[C@H](C)CN(CCNC(=O)CCCCCNC(=O)CCc3ccccc3)[C@H]1[C@H]2C. The summed E-state index contributed by atoms with van der Waals surface area (Å²) in [5.74, 6) is 3.37. The number of amides is 2. The zero-order chi connectivity index (χ0) is 35.8. The van der Waals surface area contributed by atoms with Gasteiger partial charge in [-0.3, -0.25) is 14.5 Å². The number of fused-ring (bicyclic) bond motifs is 6. The molecule has 1 aromatic carbocycles. The number of nitrogens with one attached hydrogen (secondary N) is 2. The number of benzene rings is 1. The average molecular weight is 700 g/mol. The summed E-state index contributed by atoms with van der Waals surface area (Å²) >= 11 is 0. The molecule has 3 N–H and O–H groups in total. The maximum atomic E-state index is 12.8. The molecule has 7 nitrogen and oxygen atoms in total. The van der Waals surface area contributed by atoms with Crippen molar-refractivity contribution in [2.45, 2.75) is 141 Å². The highest BCUT2D eigenvalue weighted by Gasteiger charge is 2.61. The molecule has 0 bridgehead atoms. The van der Waals surface area contributed by atoms with Crippen LogP contribution in [0.5, 0.6) is 0 Å². The Kier molecular flexibility index (Phi) is 11.2. The van der Waals surface area contributed by atoms with Gasteiger partial charge in [-0.25, -0.2) is 0 Å². The van der Waals surface area contributed by atoms with E-state index < -0.39 is 0 Å². The molecule has 1 unspecified atom stereocenters. The van der Waals surface area contributed by atoms with Crippen LogP contribution in [0.1, 0.15) is 117 Å². The number of carbonyl (C=O) groups is 2. The molecule has 0 aromatic heterocycles. The van der Waals surface area contributed by atoms with E-state index in [4.69, 9.17) is 4.74 Å². The maximum absolute atomic E-state index is 12.8. The third-order valence-corrected chi connectivity index (χ3v) is 14.7. The van der Waals surface area contributed by atoms with Crippen LogP contribution in [0.2, 0.25) is 0 Å². The second-order valence-corrected chi connectivity index (χ2v) is 17.7. The first-order valence-corrected chi connectivity index (χ1v) is 20.7. The summed E-state index contributed by atoms with van der Waals surface area (Å²) in [6.45, 7) is 13.1. The molecule has 2 heterocycles. The monoisotopic (exact) mass is 699 g/mol. The molecule has 2 saturated heterocycles. The Morgan fingerprint density at radius 1 is 0.980 bits per heavy atom. The van der Waals surface area contributed by atoms with E-state index in [0.29, 0.717) is 55.6 Å². The average Bonchev–Trinajstić information content (AvgIpc) is 3.64. The molecular weight excluding hydrogens is 635 g/mol. The summed E-state index contributed by atoms with van der Waals surface area (Å²) in [6.07, 6.45) is 16.0. The number of nitrogens with zero attached hydrogens (tertiary/aromatic N) is 1. The Bertz CT molecular complexity index is 1470. The minimum Gasteiger partial charge on any atom is -0.393 e. The third-order valence-electron chi connectivity index (χ3n) is 14.7. The van der Waals surface area contributed by atoms with Crippen LogP contribution < -0.4 is 10.6 Å². The number of carbonyl (C=O) groups excluding carboxylic acids is 2. The molecule has 7 heteroatoms. The van der Waals surface area contributed by atoms with Crippen molar-refractivity contribution in [3.05, 3.63) is 58.7 Å². The van der Waals surface area contributed by atoms with Gasteiger partial charge in [0.1, 0.15) is 0 Å². The first-order valence-electron chi connectivity index (χ1n) is 20.7. The number of ether oxygens (including phenoxy) is 1. The Labute approximate surface area is 307 Å². The van der Waals surface area contributed by atoms with E-state index in [1.165, 1.54) is 30.4 Å². The molecule has 6 aliphatic rings. The van der Waals surface area contributed by atoms with Crippen molar-refractivity contribution in [3.8, 4) is 0 Å². The van der Waals surface area contributed by atoms with Crippen LogP contribution in [0.15, 0.2) is 53.1 Å². The van der Waals surface area contributed by atoms with Crippen LogP contribution in [0.25, 0.3) is 0 Å². The second kappa shape index (κ2) is 15.5. The Balaban J connectivity index is 0.879. The molecule has 0 radical (unpaired) electrons. The Morgan fingerprint density at radius 3 is 2.59 bits per heavy atom. The number of unbranched alkanes of at least 4 members (excludes halogenated alkanes) is 2. The van der Waals surface area contributed by atoms with Crippen molar-refractivity contribution in [1.82, 2.24) is 15.5 Å². The number of allylic oxidation sites excluding steroid dienone is 2. The van der Waals surface area contributed by atoms with Crippen LogP contribution in [0.3, 0.4) is 0 Å². The first kappa shape index (κ1) is 36.9. The molecule has 1 aromatic rings. The third kappa shape index (κ3) is 7.38. The molecular formula is C44H65N3O4. The lowest BCUT2D eigenvalue weighted by Crippen LogP contribution is -2.54. The number of rotatable bonds is 12. The molecule has 2 aliphatic heterocycles. The fraction of sp³-hybridized carbons (Fsp3) is 0.727. The van der Waals surface area contributed by atoms with Crippen molar-refractivity contribution in [2.75, 3.05) is 26.2 Å². The van der Waals surface area contributed by atoms with Gasteiger partial charge >= 0.3 is 0 Å². The van der Waals surface area contributed by atoms with Crippen molar-refractivity contribution in [3.63, 3.8) is 0 Å². The van der Waals surface area contributed by atoms with Gasteiger partial charge in [0.15, 0.2) is 0 Å². The van der Waals surface area contributed by atoms with Gasteiger partial charge in [-0.05, 0) is 118 Å². The lowest BCUT2D eigenvalue weighted by Gasteiger charge is -2.49. The molecule has 51 heavy (non-hydrogen) atoms. The second-order valence-electron chi connectivity index (χ2n) is 17.7. The van der Waals surface area contributed by atoms with E-state index >= 15 is 0 Å². The van der Waals surface area contributed by atoms with Crippen LogP contribution in [0, 0.1) is 35.0 Å². The molecule has 7 rings (SSSR count). The zero-order valence-electron chi connectivity index (χ0n) is 31.9. The highest BCUT2D eigenvalue weighted by Crippen LogP contribution is 2.65. The normalized spacial score (nSPS) is 37.3. The summed E-state index contributed by atoms with van der Waals surface area (Å²) in [6, 6.07) is 10.5. The smallest absolute Gasteiger partial charge is 0.220 e. The molecule has 4 fully saturated rings. The van der Waals surface area contributed by atoms with Crippen molar-refractivity contribution in [2.24, 2.45) is 35.0 Å². The summed E-state index contributed by atoms with van der Waals surface area (Å²) in [5, 5.41) is 16.7. The summed E-state index contributed by atoms with van der Waals surface area (Å²) in [5.41, 5.74) is 6.09. The highest BCUT2D eigenvalue weighted by atomic mass is 16.5. The summed E-state index contributed by atoms with van der Waals surface area (Å²) in [4.78, 5) is 27.6. The van der Waals surface area contributed by atoms with E-state index in [9.17, 15) is 14.7 Å². The molecule has 4 aliphatic carbocycles. The number of hydrogen-bond donors (Lipinski definition) is 3. The van der Waals surface area contributed by atoms with Crippen molar-refractivity contribution < 1.29 is 19.4 Å². The van der Waals surface area contributed by atoms with E-state index in [1.807, 2.05) is 18.2 Å². The van der Waals surface area contributed by atoms with Crippen molar-refractivity contribution in [1.29, 1.82) is 0 Å². The minimum absolute atomic E-state index is 0.0986. The van der Waals surface area contributed by atoms with E-state index in [2.05, 4.69) is 61.4 Å². The van der Waals surface area contributed by atoms with E-state index in [0.717, 1.165) is 76.8 Å². The Morgan fingerprint density at radius 2 is 1.76 bits per heavy atom. The summed E-state index contributed by atoms with van der Waals surface area (Å²) < 4.78 is 7.33. The van der Waals surface area contributed by atoms with Gasteiger partial charge in [-0.1, -0.05) is 74.7 Å². The molecule has 1 spiro atoms. The van der Waals surface area contributed by atoms with Gasteiger partial charge in [0, 0.05) is 51.0 Å². The molecule has 280 valence electrons. The minimum atomic E-state index is -0.165. The predicted molar refractivity (Wildman–Crippen MR) is 203 cm³/mol. The Hall–Kier alpha value is -2.48. The first-order chi connectivity index (χ1) is 24.6. The quantitative estimate of drug-likeness (QED) is 0.160. The van der Waals surface area contributed by atoms with Crippen LogP contribution in [-0.2, 0) is 20.7 Å². The zero-order valence-corrected chi connectivity index (χ0v) is 31.9. The van der Waals surface area contributed by atoms with E-state index in [-0.39, 0.29) is 35.0 Å². The molecule has 10 atom stereocenters. The van der Waals surface area contributed by atoms with Crippen LogP contribution in [-0.4, -0.2) is 71.9 Å². The number of piperidine rings is 1. The van der Waals surface area contributed by atoms with Gasteiger partial charge in [-0.2, -0.15) is 0 Å². The number of aliphatic hydroxyl groups is 1. The highest BCUT2D eigenvalue weighted by molar-refractivity contribution is 5.76. The van der Waals surface area contributed by atoms with Gasteiger partial charge in [0.2, 0.25) is 11.8 Å². The van der Waals surface area contributed by atoms with Crippen LogP contribution >= 0.6 is 0 Å². The van der Waals surface area contributed by atoms with E-state index in [1.54, 1.807) is 11.1 Å².